The van der Waals surface area contributed by atoms with Gasteiger partial charge in [0.15, 0.2) is 0 Å². The molecule has 2 rings (SSSR count). The summed E-state index contributed by atoms with van der Waals surface area (Å²) in [6, 6.07) is 4.39. The van der Waals surface area contributed by atoms with Gasteiger partial charge in [-0.25, -0.2) is 0 Å². The van der Waals surface area contributed by atoms with Crippen molar-refractivity contribution >= 4 is 11.6 Å². The molecule has 1 saturated heterocycles. The topological polar surface area (TPSA) is 23.6 Å². The van der Waals surface area contributed by atoms with Crippen LogP contribution in [-0.4, -0.2) is 37.0 Å². The number of carbonyl (C=O) groups excluding carboxylic acids is 1. The number of rotatable bonds is 2. The highest BCUT2D eigenvalue weighted by Gasteiger charge is 2.35. The first-order valence-electron chi connectivity index (χ1n) is 7.03. The quantitative estimate of drug-likeness (QED) is 0.838. The third-order valence-corrected chi connectivity index (χ3v) is 3.73. The maximum Gasteiger partial charge on any atom is 0.418 e. The molecule has 1 amide bonds. The lowest BCUT2D eigenvalue weighted by Crippen LogP contribution is -2.49. The average Bonchev–Trinajstić information content (AvgIpc) is 2.45. The molecule has 1 aromatic rings. The normalized spacial score (nSPS) is 16.2. The highest BCUT2D eigenvalue weighted by Crippen LogP contribution is 2.37. The predicted octanol–water partition coefficient (Wildman–Crippen LogP) is 3.07. The number of hydrogen-bond acceptors (Lipinski definition) is 2. The van der Waals surface area contributed by atoms with Crippen LogP contribution in [0, 0.1) is 6.92 Å². The van der Waals surface area contributed by atoms with Crippen molar-refractivity contribution in [2.45, 2.75) is 26.4 Å². The van der Waals surface area contributed by atoms with Crippen LogP contribution in [0.25, 0.3) is 0 Å². The fourth-order valence-electron chi connectivity index (χ4n) is 2.57. The summed E-state index contributed by atoms with van der Waals surface area (Å²) in [5.74, 6) is 0.0506. The lowest BCUT2D eigenvalue weighted by molar-refractivity contribution is -0.137. The van der Waals surface area contributed by atoms with Crippen molar-refractivity contribution < 1.29 is 18.0 Å². The maximum atomic E-state index is 13.2. The van der Waals surface area contributed by atoms with Crippen LogP contribution in [0.5, 0.6) is 0 Å². The van der Waals surface area contributed by atoms with Gasteiger partial charge in [-0.05, 0) is 19.1 Å². The largest absolute Gasteiger partial charge is 0.418 e. The highest BCUT2D eigenvalue weighted by atomic mass is 19.4. The molecule has 3 nitrogen and oxygen atoms in total. The zero-order valence-corrected chi connectivity index (χ0v) is 12.2. The van der Waals surface area contributed by atoms with E-state index in [2.05, 4.69) is 0 Å². The minimum atomic E-state index is -4.36. The Bertz CT molecular complexity index is 520. The van der Waals surface area contributed by atoms with Gasteiger partial charge in [0.2, 0.25) is 5.91 Å². The summed E-state index contributed by atoms with van der Waals surface area (Å²) in [7, 11) is 0. The van der Waals surface area contributed by atoms with Crippen molar-refractivity contribution in [3.8, 4) is 0 Å². The van der Waals surface area contributed by atoms with Crippen molar-refractivity contribution in [2.24, 2.45) is 0 Å². The average molecular weight is 300 g/mol. The standard InChI is InChI=1S/C15H19F3N2O/c1-3-14(21)20-8-6-19(7-9-20)13-5-4-11(2)10-12(13)15(16,17)18/h4-5,10H,3,6-9H2,1-2H3. The van der Waals surface area contributed by atoms with E-state index in [0.717, 1.165) is 0 Å². The van der Waals surface area contributed by atoms with E-state index in [1.807, 2.05) is 0 Å². The molecule has 0 unspecified atom stereocenters. The van der Waals surface area contributed by atoms with Crippen LogP contribution >= 0.6 is 0 Å². The van der Waals surface area contributed by atoms with Gasteiger partial charge in [-0.2, -0.15) is 13.2 Å². The number of alkyl halides is 3. The van der Waals surface area contributed by atoms with Crippen LogP contribution in [0.1, 0.15) is 24.5 Å². The first-order chi connectivity index (χ1) is 9.82. The summed E-state index contributed by atoms with van der Waals surface area (Å²) in [6.07, 6.45) is -3.93. The monoisotopic (exact) mass is 300 g/mol. The van der Waals surface area contributed by atoms with E-state index in [-0.39, 0.29) is 11.6 Å². The molecule has 0 bridgehead atoms. The second-order valence-electron chi connectivity index (χ2n) is 5.24. The van der Waals surface area contributed by atoms with E-state index < -0.39 is 11.7 Å². The third-order valence-electron chi connectivity index (χ3n) is 3.73. The van der Waals surface area contributed by atoms with Crippen molar-refractivity contribution in [1.29, 1.82) is 0 Å². The van der Waals surface area contributed by atoms with Crippen LogP contribution in [0.3, 0.4) is 0 Å². The summed E-state index contributed by atoms with van der Waals surface area (Å²) >= 11 is 0. The van der Waals surface area contributed by atoms with Crippen molar-refractivity contribution in [2.75, 3.05) is 31.1 Å². The molecule has 1 aliphatic heterocycles. The maximum absolute atomic E-state index is 13.2. The van der Waals surface area contributed by atoms with Crippen LogP contribution in [-0.2, 0) is 11.0 Å². The Morgan fingerprint density at radius 2 is 1.81 bits per heavy atom. The summed E-state index contributed by atoms with van der Waals surface area (Å²) in [5, 5.41) is 0. The summed E-state index contributed by atoms with van der Waals surface area (Å²) in [4.78, 5) is 15.0. The summed E-state index contributed by atoms with van der Waals surface area (Å²) in [5.41, 5.74) is 0.195. The molecule has 0 radical (unpaired) electrons. The van der Waals surface area contributed by atoms with Crippen LogP contribution in [0.15, 0.2) is 18.2 Å². The molecule has 0 N–H and O–H groups in total. The van der Waals surface area contributed by atoms with E-state index in [1.54, 1.807) is 29.7 Å². The minimum absolute atomic E-state index is 0.0506. The van der Waals surface area contributed by atoms with E-state index >= 15 is 0 Å². The van der Waals surface area contributed by atoms with Gasteiger partial charge in [-0.15, -0.1) is 0 Å². The van der Waals surface area contributed by atoms with E-state index in [1.165, 1.54) is 12.1 Å². The number of nitrogens with zero attached hydrogens (tertiary/aromatic N) is 2. The first-order valence-corrected chi connectivity index (χ1v) is 7.03. The van der Waals surface area contributed by atoms with Crippen molar-refractivity contribution in [3.63, 3.8) is 0 Å². The van der Waals surface area contributed by atoms with E-state index in [0.29, 0.717) is 38.2 Å². The molecule has 0 aromatic heterocycles. The second-order valence-corrected chi connectivity index (χ2v) is 5.24. The fraction of sp³-hybridized carbons (Fsp3) is 0.533. The summed E-state index contributed by atoms with van der Waals surface area (Å²) < 4.78 is 39.5. The number of hydrogen-bond donors (Lipinski definition) is 0. The SMILES string of the molecule is CCC(=O)N1CCN(c2ccc(C)cc2C(F)(F)F)CC1. The molecule has 116 valence electrons. The zero-order chi connectivity index (χ0) is 15.6. The Kier molecular flexibility index (Phi) is 4.44. The first kappa shape index (κ1) is 15.7. The molecular formula is C15H19F3N2O. The lowest BCUT2D eigenvalue weighted by Gasteiger charge is -2.37. The highest BCUT2D eigenvalue weighted by molar-refractivity contribution is 5.76. The molecule has 1 heterocycles. The number of piperazine rings is 1. The molecule has 21 heavy (non-hydrogen) atoms. The Hall–Kier alpha value is -1.72. The second kappa shape index (κ2) is 5.95. The van der Waals surface area contributed by atoms with Gasteiger partial charge < -0.3 is 9.80 Å². The van der Waals surface area contributed by atoms with Gasteiger partial charge in [0, 0.05) is 38.3 Å². The summed E-state index contributed by atoms with van der Waals surface area (Å²) in [6.45, 7) is 5.23. The Labute approximate surface area is 122 Å². The van der Waals surface area contributed by atoms with Gasteiger partial charge in [0.25, 0.3) is 0 Å². The van der Waals surface area contributed by atoms with Crippen LogP contribution < -0.4 is 4.90 Å². The molecule has 0 atom stereocenters. The smallest absolute Gasteiger partial charge is 0.367 e. The molecule has 1 fully saturated rings. The van der Waals surface area contributed by atoms with Gasteiger partial charge >= 0.3 is 6.18 Å². The molecule has 6 heteroatoms. The molecule has 0 saturated carbocycles. The Morgan fingerprint density at radius 1 is 1.19 bits per heavy atom. The van der Waals surface area contributed by atoms with Gasteiger partial charge in [0.05, 0.1) is 5.56 Å². The molecule has 1 aromatic carbocycles. The van der Waals surface area contributed by atoms with Gasteiger partial charge in [0.1, 0.15) is 0 Å². The predicted molar refractivity (Wildman–Crippen MR) is 75.3 cm³/mol. The van der Waals surface area contributed by atoms with Crippen molar-refractivity contribution in [1.82, 2.24) is 4.90 Å². The van der Waals surface area contributed by atoms with Gasteiger partial charge in [-0.1, -0.05) is 18.6 Å². The molecule has 1 aliphatic rings. The zero-order valence-electron chi connectivity index (χ0n) is 12.2. The lowest BCUT2D eigenvalue weighted by atomic mass is 10.1. The third kappa shape index (κ3) is 3.49. The number of aryl methyl sites for hydroxylation is 1. The molecule has 0 aliphatic carbocycles. The Balaban J connectivity index is 2.19. The minimum Gasteiger partial charge on any atom is -0.367 e. The van der Waals surface area contributed by atoms with Crippen LogP contribution in [0.2, 0.25) is 0 Å². The fourth-order valence-corrected chi connectivity index (χ4v) is 2.57. The van der Waals surface area contributed by atoms with Gasteiger partial charge in [-0.3, -0.25) is 4.79 Å². The van der Waals surface area contributed by atoms with Crippen molar-refractivity contribution in [3.05, 3.63) is 29.3 Å². The number of benzene rings is 1. The number of halogens is 3. The number of amides is 1. The Morgan fingerprint density at radius 3 is 2.33 bits per heavy atom. The number of anilines is 1. The van der Waals surface area contributed by atoms with E-state index in [9.17, 15) is 18.0 Å². The molecule has 0 spiro atoms. The number of carbonyl (C=O) groups is 1. The molecular weight excluding hydrogens is 281 g/mol. The van der Waals surface area contributed by atoms with E-state index in [4.69, 9.17) is 0 Å². The van der Waals surface area contributed by atoms with Crippen LogP contribution in [0.4, 0.5) is 18.9 Å².